The molecule has 1 fully saturated rings. The van der Waals surface area contributed by atoms with Crippen LogP contribution >= 0.6 is 0 Å². The van der Waals surface area contributed by atoms with E-state index in [9.17, 15) is 9.18 Å². The van der Waals surface area contributed by atoms with Crippen molar-refractivity contribution in [1.29, 1.82) is 0 Å². The highest BCUT2D eigenvalue weighted by Crippen LogP contribution is 2.31. The van der Waals surface area contributed by atoms with Gasteiger partial charge in [0.05, 0.1) is 5.92 Å². The third kappa shape index (κ3) is 3.09. The number of benzene rings is 1. The monoisotopic (exact) mass is 307 g/mol. The first-order valence-electron chi connectivity index (χ1n) is 8.01. The topological polar surface area (TPSA) is 49.8 Å². The van der Waals surface area contributed by atoms with E-state index in [-0.39, 0.29) is 30.3 Å². The molecule has 0 radical (unpaired) electrons. The smallest absolute Gasteiger partial charge is 0.229 e. The number of aliphatic hydroxyl groups excluding tert-OH is 1. The van der Waals surface area contributed by atoms with E-state index in [1.165, 1.54) is 12.1 Å². The van der Waals surface area contributed by atoms with E-state index >= 15 is 0 Å². The van der Waals surface area contributed by atoms with E-state index in [0.717, 1.165) is 37.8 Å². The number of fused-ring (bicyclic) bond motifs is 1. The number of hydrogen-bond donors (Lipinski definition) is 1. The molecule has 2 heterocycles. The lowest BCUT2D eigenvalue weighted by atomic mass is 9.95. The van der Waals surface area contributed by atoms with Gasteiger partial charge in [-0.3, -0.25) is 4.79 Å². The van der Waals surface area contributed by atoms with Crippen LogP contribution < -0.4 is 4.74 Å². The minimum atomic E-state index is -0.294. The van der Waals surface area contributed by atoms with Crippen molar-refractivity contribution in [3.63, 3.8) is 0 Å². The Balaban J connectivity index is 1.68. The number of hydrogen-bond acceptors (Lipinski definition) is 3. The second-order valence-electron chi connectivity index (χ2n) is 6.16. The lowest BCUT2D eigenvalue weighted by Crippen LogP contribution is -2.43. The van der Waals surface area contributed by atoms with Crippen molar-refractivity contribution in [3.8, 4) is 5.75 Å². The molecule has 0 bridgehead atoms. The van der Waals surface area contributed by atoms with Gasteiger partial charge in [-0.25, -0.2) is 4.39 Å². The maximum absolute atomic E-state index is 13.4. The molecule has 0 saturated carbocycles. The number of carbonyl (C=O) groups is 1. The molecule has 0 aliphatic carbocycles. The number of halogens is 1. The molecule has 5 heteroatoms. The van der Waals surface area contributed by atoms with Crippen molar-refractivity contribution in [2.24, 2.45) is 5.92 Å². The van der Waals surface area contributed by atoms with Crippen LogP contribution in [0.15, 0.2) is 18.2 Å². The summed E-state index contributed by atoms with van der Waals surface area (Å²) in [5.74, 6) is 0.264. The van der Waals surface area contributed by atoms with Gasteiger partial charge in [0.1, 0.15) is 18.2 Å². The summed E-state index contributed by atoms with van der Waals surface area (Å²) in [5.41, 5.74) is 0.774. The zero-order valence-electron chi connectivity index (χ0n) is 12.6. The van der Waals surface area contributed by atoms with Crippen molar-refractivity contribution >= 4 is 5.91 Å². The molecule has 2 aliphatic rings. The van der Waals surface area contributed by atoms with Gasteiger partial charge < -0.3 is 14.7 Å². The van der Waals surface area contributed by atoms with Crippen molar-refractivity contribution in [2.75, 3.05) is 19.8 Å². The minimum Gasteiger partial charge on any atom is -0.492 e. The van der Waals surface area contributed by atoms with Crippen LogP contribution in [0.1, 0.15) is 31.2 Å². The standard InChI is InChI=1S/C17H22FNO3/c18-14-5-6-16-12(10-14)9-13(11-22-16)17(21)19-7-1-3-15(19)4-2-8-20/h5-6,10,13,15,20H,1-4,7-9,11H2. The highest BCUT2D eigenvalue weighted by molar-refractivity contribution is 5.80. The van der Waals surface area contributed by atoms with Gasteiger partial charge in [-0.1, -0.05) is 0 Å². The molecule has 2 unspecified atom stereocenters. The molecule has 0 spiro atoms. The Bertz CT molecular complexity index is 549. The third-order valence-corrected chi connectivity index (χ3v) is 4.63. The Hall–Kier alpha value is -1.62. The van der Waals surface area contributed by atoms with Gasteiger partial charge in [0, 0.05) is 19.2 Å². The van der Waals surface area contributed by atoms with Gasteiger partial charge >= 0.3 is 0 Å². The highest BCUT2D eigenvalue weighted by Gasteiger charge is 2.35. The first-order chi connectivity index (χ1) is 10.7. The largest absolute Gasteiger partial charge is 0.492 e. The van der Waals surface area contributed by atoms with Crippen LogP contribution in [0.4, 0.5) is 4.39 Å². The lowest BCUT2D eigenvalue weighted by Gasteiger charge is -2.31. The molecule has 2 aliphatic heterocycles. The van der Waals surface area contributed by atoms with Crippen LogP contribution in [-0.2, 0) is 11.2 Å². The van der Waals surface area contributed by atoms with E-state index in [1.807, 2.05) is 4.90 Å². The molecule has 1 saturated heterocycles. The third-order valence-electron chi connectivity index (χ3n) is 4.63. The zero-order chi connectivity index (χ0) is 15.5. The summed E-state index contributed by atoms with van der Waals surface area (Å²) in [6.45, 7) is 1.31. The van der Waals surface area contributed by atoms with Crippen LogP contribution in [0.5, 0.6) is 5.75 Å². The van der Waals surface area contributed by atoms with E-state index < -0.39 is 0 Å². The second kappa shape index (κ2) is 6.65. The number of likely N-dealkylation sites (tertiary alicyclic amines) is 1. The number of rotatable bonds is 4. The normalized spacial score (nSPS) is 24.0. The van der Waals surface area contributed by atoms with E-state index in [4.69, 9.17) is 9.84 Å². The van der Waals surface area contributed by atoms with Crippen LogP contribution in [0.25, 0.3) is 0 Å². The first kappa shape index (κ1) is 15.3. The number of carbonyl (C=O) groups excluding carboxylic acids is 1. The number of nitrogens with zero attached hydrogens (tertiary/aromatic N) is 1. The summed E-state index contributed by atoms with van der Waals surface area (Å²) in [4.78, 5) is 14.7. The Kier molecular flexibility index (Phi) is 4.62. The molecule has 1 N–H and O–H groups in total. The average molecular weight is 307 g/mol. The number of ether oxygens (including phenoxy) is 1. The summed E-state index contributed by atoms with van der Waals surface area (Å²) in [6, 6.07) is 4.70. The summed E-state index contributed by atoms with van der Waals surface area (Å²) >= 11 is 0. The van der Waals surface area contributed by atoms with Crippen molar-refractivity contribution in [1.82, 2.24) is 4.90 Å². The maximum Gasteiger partial charge on any atom is 0.229 e. The van der Waals surface area contributed by atoms with Gasteiger partial charge in [0.15, 0.2) is 0 Å². The summed E-state index contributed by atoms with van der Waals surface area (Å²) < 4.78 is 19.0. The fraction of sp³-hybridized carbons (Fsp3) is 0.588. The number of aliphatic hydroxyl groups is 1. The Morgan fingerprint density at radius 2 is 2.32 bits per heavy atom. The summed E-state index contributed by atoms with van der Waals surface area (Å²) in [7, 11) is 0. The Labute approximate surface area is 129 Å². The minimum absolute atomic E-state index is 0.107. The quantitative estimate of drug-likeness (QED) is 0.927. The van der Waals surface area contributed by atoms with Gasteiger partial charge in [-0.15, -0.1) is 0 Å². The molecule has 1 amide bonds. The molecule has 1 aromatic rings. The predicted octanol–water partition coefficient (Wildman–Crippen LogP) is 2.14. The van der Waals surface area contributed by atoms with Crippen LogP contribution in [-0.4, -0.2) is 41.7 Å². The molecule has 3 rings (SSSR count). The molecular formula is C17H22FNO3. The molecule has 0 aromatic heterocycles. The van der Waals surface area contributed by atoms with Gasteiger partial charge in [0.2, 0.25) is 5.91 Å². The van der Waals surface area contributed by atoms with Crippen LogP contribution in [0.3, 0.4) is 0 Å². The molecule has 2 atom stereocenters. The average Bonchev–Trinajstić information content (AvgIpc) is 2.99. The van der Waals surface area contributed by atoms with Gasteiger partial charge in [-0.2, -0.15) is 0 Å². The van der Waals surface area contributed by atoms with E-state index in [2.05, 4.69) is 0 Å². The van der Waals surface area contributed by atoms with Crippen molar-refractivity contribution < 1.29 is 19.0 Å². The zero-order valence-corrected chi connectivity index (χ0v) is 12.6. The van der Waals surface area contributed by atoms with Crippen LogP contribution in [0, 0.1) is 11.7 Å². The predicted molar refractivity (Wildman–Crippen MR) is 80.1 cm³/mol. The molecule has 120 valence electrons. The number of amides is 1. The molecular weight excluding hydrogens is 285 g/mol. The second-order valence-corrected chi connectivity index (χ2v) is 6.16. The highest BCUT2D eigenvalue weighted by atomic mass is 19.1. The van der Waals surface area contributed by atoms with E-state index in [1.54, 1.807) is 6.07 Å². The van der Waals surface area contributed by atoms with Crippen molar-refractivity contribution in [3.05, 3.63) is 29.6 Å². The lowest BCUT2D eigenvalue weighted by molar-refractivity contribution is -0.137. The van der Waals surface area contributed by atoms with Gasteiger partial charge in [-0.05, 0) is 55.9 Å². The SMILES string of the molecule is O=C(C1COc2ccc(F)cc2C1)N1CCCC1CCCO. The molecule has 4 nitrogen and oxygen atoms in total. The molecule has 1 aromatic carbocycles. The van der Waals surface area contributed by atoms with E-state index in [0.29, 0.717) is 18.8 Å². The fourth-order valence-electron chi connectivity index (χ4n) is 3.51. The summed E-state index contributed by atoms with van der Waals surface area (Å²) in [6.07, 6.45) is 4.13. The fourth-order valence-corrected chi connectivity index (χ4v) is 3.51. The van der Waals surface area contributed by atoms with Gasteiger partial charge in [0.25, 0.3) is 0 Å². The summed E-state index contributed by atoms with van der Waals surface area (Å²) in [5, 5.41) is 8.98. The Morgan fingerprint density at radius 3 is 3.14 bits per heavy atom. The maximum atomic E-state index is 13.4. The molecule has 22 heavy (non-hydrogen) atoms. The van der Waals surface area contributed by atoms with Crippen molar-refractivity contribution in [2.45, 2.75) is 38.1 Å². The first-order valence-corrected chi connectivity index (χ1v) is 8.01. The van der Waals surface area contributed by atoms with Crippen LogP contribution in [0.2, 0.25) is 0 Å². The Morgan fingerprint density at radius 1 is 1.45 bits per heavy atom.